The highest BCUT2D eigenvalue weighted by atomic mass is 19.1. The Morgan fingerprint density at radius 2 is 1.97 bits per heavy atom. The lowest BCUT2D eigenvalue weighted by atomic mass is 9.95. The van der Waals surface area contributed by atoms with E-state index < -0.39 is 29.3 Å². The van der Waals surface area contributed by atoms with Gasteiger partial charge in [-0.15, -0.1) is 0 Å². The molecule has 3 N–H and O–H groups in total. The number of H-pyrrole nitrogens is 1. The number of nitrogens with one attached hydrogen (secondary N) is 3. The Kier molecular flexibility index (Phi) is 8.34. The highest BCUT2D eigenvalue weighted by molar-refractivity contribution is 5.96. The molecule has 3 rings (SSSR count). The molecule has 34 heavy (non-hydrogen) atoms. The van der Waals surface area contributed by atoms with Gasteiger partial charge in [0.05, 0.1) is 12.8 Å². The molecule has 2 aromatic rings. The van der Waals surface area contributed by atoms with Crippen LogP contribution in [0.15, 0.2) is 35.1 Å². The van der Waals surface area contributed by atoms with Gasteiger partial charge in [-0.1, -0.05) is 13.0 Å². The first-order valence-electron chi connectivity index (χ1n) is 11.1. The molecule has 0 saturated carbocycles. The summed E-state index contributed by atoms with van der Waals surface area (Å²) in [6.45, 7) is 3.41. The molecule has 2 heterocycles. The molecule has 11 heteroatoms. The number of rotatable bonds is 8. The second-order valence-electron chi connectivity index (χ2n) is 8.04. The maximum atomic E-state index is 14.2. The number of halogens is 1. The van der Waals surface area contributed by atoms with Gasteiger partial charge in [-0.25, -0.2) is 14.3 Å². The number of benzene rings is 1. The molecule has 1 aromatic heterocycles. The van der Waals surface area contributed by atoms with Crippen molar-refractivity contribution in [2.45, 2.75) is 32.2 Å². The van der Waals surface area contributed by atoms with Gasteiger partial charge in [0.1, 0.15) is 23.1 Å². The Labute approximate surface area is 195 Å². The number of aromatic amines is 1. The van der Waals surface area contributed by atoms with E-state index in [4.69, 9.17) is 4.74 Å². The summed E-state index contributed by atoms with van der Waals surface area (Å²) in [6, 6.07) is 6.23. The Hall–Kier alpha value is -3.76. The Bertz CT molecular complexity index is 1080. The van der Waals surface area contributed by atoms with Crippen LogP contribution in [0.25, 0.3) is 0 Å². The smallest absolute Gasteiger partial charge is 0.342 e. The zero-order valence-electron chi connectivity index (χ0n) is 19.1. The van der Waals surface area contributed by atoms with Gasteiger partial charge in [0.2, 0.25) is 5.91 Å². The van der Waals surface area contributed by atoms with Gasteiger partial charge in [0, 0.05) is 25.7 Å². The summed E-state index contributed by atoms with van der Waals surface area (Å²) in [5.41, 5.74) is 0.0161. The summed E-state index contributed by atoms with van der Waals surface area (Å²) in [5, 5.41) is 11.4. The van der Waals surface area contributed by atoms with Crippen LogP contribution in [-0.2, 0) is 9.53 Å². The Morgan fingerprint density at radius 1 is 1.24 bits per heavy atom. The molecule has 1 atom stereocenters. The first-order valence-corrected chi connectivity index (χ1v) is 11.1. The van der Waals surface area contributed by atoms with Crippen LogP contribution >= 0.6 is 0 Å². The molecule has 0 spiro atoms. The lowest BCUT2D eigenvalue weighted by Gasteiger charge is -2.34. The first-order chi connectivity index (χ1) is 16.3. The quantitative estimate of drug-likeness (QED) is 0.491. The van der Waals surface area contributed by atoms with E-state index in [2.05, 4.69) is 20.8 Å². The predicted molar refractivity (Wildman–Crippen MR) is 122 cm³/mol. The maximum absolute atomic E-state index is 14.2. The van der Waals surface area contributed by atoms with E-state index in [0.29, 0.717) is 31.7 Å². The van der Waals surface area contributed by atoms with E-state index >= 15 is 0 Å². The molecule has 0 bridgehead atoms. The molecule has 1 aliphatic heterocycles. The average molecular weight is 474 g/mol. The van der Waals surface area contributed by atoms with Crippen molar-refractivity contribution in [2.75, 3.05) is 31.6 Å². The summed E-state index contributed by atoms with van der Waals surface area (Å²) in [5.74, 6) is -2.00. The number of carbonyl (C=O) groups is 3. The minimum absolute atomic E-state index is 0.0156. The first kappa shape index (κ1) is 24.9. The summed E-state index contributed by atoms with van der Waals surface area (Å²) in [7, 11) is 1.22. The molecular formula is C23H28FN5O5. The molecule has 182 valence electrons. The van der Waals surface area contributed by atoms with Gasteiger partial charge in [-0.3, -0.25) is 14.4 Å². The van der Waals surface area contributed by atoms with Crippen LogP contribution < -0.4 is 21.1 Å². The molecule has 1 fully saturated rings. The van der Waals surface area contributed by atoms with Crippen LogP contribution in [0.2, 0.25) is 0 Å². The lowest BCUT2D eigenvalue weighted by Crippen LogP contribution is -2.48. The van der Waals surface area contributed by atoms with Gasteiger partial charge in [0.15, 0.2) is 0 Å². The number of hydrogen-bond acceptors (Lipinski definition) is 7. The second kappa shape index (κ2) is 11.4. The third kappa shape index (κ3) is 5.97. The zero-order chi connectivity index (χ0) is 24.7. The van der Waals surface area contributed by atoms with Crippen molar-refractivity contribution in [3.05, 3.63) is 57.8 Å². The van der Waals surface area contributed by atoms with Crippen molar-refractivity contribution in [3.63, 3.8) is 0 Å². The fourth-order valence-corrected chi connectivity index (χ4v) is 3.88. The largest absolute Gasteiger partial charge is 0.465 e. The SMILES string of the molecule is CCC(NC(=O)c1ccc(=O)[nH]n1)C(=O)NCC1CCN(c2cccc(F)c2C(=O)OC)CC1. The minimum Gasteiger partial charge on any atom is -0.465 e. The zero-order valence-corrected chi connectivity index (χ0v) is 19.1. The predicted octanol–water partition coefficient (Wildman–Crippen LogP) is 1.24. The number of hydrogen-bond donors (Lipinski definition) is 3. The number of esters is 1. The van der Waals surface area contributed by atoms with E-state index in [1.807, 2.05) is 4.90 Å². The van der Waals surface area contributed by atoms with Gasteiger partial charge in [-0.05, 0) is 43.4 Å². The van der Waals surface area contributed by atoms with Gasteiger partial charge in [0.25, 0.3) is 11.5 Å². The van der Waals surface area contributed by atoms with E-state index in [1.165, 1.54) is 25.3 Å². The number of aromatic nitrogens is 2. The summed E-state index contributed by atoms with van der Waals surface area (Å²) in [6.07, 6.45) is 1.86. The number of carbonyl (C=O) groups excluding carboxylic acids is 3. The van der Waals surface area contributed by atoms with Gasteiger partial charge >= 0.3 is 5.97 Å². The van der Waals surface area contributed by atoms with Gasteiger partial charge < -0.3 is 20.3 Å². The number of anilines is 1. The van der Waals surface area contributed by atoms with Crippen LogP contribution in [0.1, 0.15) is 47.0 Å². The molecule has 10 nitrogen and oxygen atoms in total. The Morgan fingerprint density at radius 3 is 2.59 bits per heavy atom. The van der Waals surface area contributed by atoms with E-state index in [-0.39, 0.29) is 23.1 Å². The topological polar surface area (TPSA) is 133 Å². The summed E-state index contributed by atoms with van der Waals surface area (Å²) in [4.78, 5) is 50.0. The summed E-state index contributed by atoms with van der Waals surface area (Å²) >= 11 is 0. The highest BCUT2D eigenvalue weighted by Crippen LogP contribution is 2.28. The molecule has 2 amide bonds. The van der Waals surface area contributed by atoms with Crippen LogP contribution in [0, 0.1) is 11.7 Å². The van der Waals surface area contributed by atoms with Gasteiger partial charge in [-0.2, -0.15) is 5.10 Å². The molecular weight excluding hydrogens is 445 g/mol. The number of methoxy groups -OCH3 is 1. The van der Waals surface area contributed by atoms with E-state index in [0.717, 1.165) is 12.8 Å². The highest BCUT2D eigenvalue weighted by Gasteiger charge is 2.27. The third-order valence-electron chi connectivity index (χ3n) is 5.84. The van der Waals surface area contributed by atoms with E-state index in [1.54, 1.807) is 19.1 Å². The average Bonchev–Trinajstić information content (AvgIpc) is 2.85. The number of amides is 2. The van der Waals surface area contributed by atoms with Crippen LogP contribution in [0.3, 0.4) is 0 Å². The Balaban J connectivity index is 1.52. The third-order valence-corrected chi connectivity index (χ3v) is 5.84. The normalized spacial score (nSPS) is 14.9. The lowest BCUT2D eigenvalue weighted by molar-refractivity contribution is -0.123. The van der Waals surface area contributed by atoms with Crippen molar-refractivity contribution < 1.29 is 23.5 Å². The second-order valence-corrected chi connectivity index (χ2v) is 8.04. The molecule has 1 aliphatic rings. The number of piperidine rings is 1. The van der Waals surface area contributed by atoms with Crippen molar-refractivity contribution in [1.82, 2.24) is 20.8 Å². The van der Waals surface area contributed by atoms with Crippen LogP contribution in [0.5, 0.6) is 0 Å². The molecule has 1 aromatic carbocycles. The molecule has 0 radical (unpaired) electrons. The molecule has 1 saturated heterocycles. The van der Waals surface area contributed by atoms with Crippen molar-refractivity contribution in [3.8, 4) is 0 Å². The number of nitrogens with zero attached hydrogens (tertiary/aromatic N) is 2. The van der Waals surface area contributed by atoms with Crippen molar-refractivity contribution >= 4 is 23.5 Å². The molecule has 1 unspecified atom stereocenters. The monoisotopic (exact) mass is 473 g/mol. The van der Waals surface area contributed by atoms with E-state index in [9.17, 15) is 23.6 Å². The minimum atomic E-state index is -0.740. The fourth-order valence-electron chi connectivity index (χ4n) is 3.88. The van der Waals surface area contributed by atoms with Crippen LogP contribution in [-0.4, -0.2) is 60.8 Å². The fraction of sp³-hybridized carbons (Fsp3) is 0.435. The molecule has 0 aliphatic carbocycles. The van der Waals surface area contributed by atoms with Crippen molar-refractivity contribution in [1.29, 1.82) is 0 Å². The number of ether oxygens (including phenoxy) is 1. The summed E-state index contributed by atoms with van der Waals surface area (Å²) < 4.78 is 19.0. The van der Waals surface area contributed by atoms with Crippen molar-refractivity contribution in [2.24, 2.45) is 5.92 Å². The standard InChI is InChI=1S/C23H28FN5O5/c1-3-16(26-22(32)17-7-8-19(30)28-27-17)21(31)25-13-14-9-11-29(12-10-14)18-6-4-5-15(24)20(18)23(33)34-2/h4-8,14,16H,3,9-13H2,1-2H3,(H,25,31)(H,26,32)(H,28,30). The maximum Gasteiger partial charge on any atom is 0.342 e. The van der Waals surface area contributed by atoms with Crippen LogP contribution in [0.4, 0.5) is 10.1 Å².